The molecule has 2 aliphatic rings. The van der Waals surface area contributed by atoms with Crippen LogP contribution < -0.4 is 5.32 Å². The number of carbonyl (C=O) groups excluding carboxylic acids is 1. The summed E-state index contributed by atoms with van der Waals surface area (Å²) >= 11 is 0. The molecule has 5 nitrogen and oxygen atoms in total. The van der Waals surface area contributed by atoms with Crippen molar-refractivity contribution in [3.8, 4) is 0 Å². The molecule has 1 amide bonds. The molecule has 2 aromatic rings. The van der Waals surface area contributed by atoms with Crippen molar-refractivity contribution in [2.45, 2.75) is 63.7 Å². The molecule has 0 bridgehead atoms. The normalized spacial score (nSPS) is 24.1. The lowest BCUT2D eigenvalue weighted by Gasteiger charge is -2.20. The molecule has 1 unspecified atom stereocenters. The largest absolute Gasteiger partial charge is 0.355 e. The number of halogens is 1. The monoisotopic (exact) mass is 371 g/mol. The quantitative estimate of drug-likeness (QED) is 0.836. The Morgan fingerprint density at radius 2 is 1.93 bits per heavy atom. The summed E-state index contributed by atoms with van der Waals surface area (Å²) < 4.78 is 18.7. The molecule has 1 N–H and O–H groups in total. The fourth-order valence-corrected chi connectivity index (χ4v) is 4.51. The molecule has 4 rings (SSSR count). The van der Waals surface area contributed by atoms with Crippen molar-refractivity contribution in [2.24, 2.45) is 5.41 Å². The zero-order valence-corrected chi connectivity index (χ0v) is 15.9. The van der Waals surface area contributed by atoms with Crippen LogP contribution in [0.1, 0.15) is 69.1 Å². The number of rotatable bonds is 6. The van der Waals surface area contributed by atoms with Crippen LogP contribution in [0.15, 0.2) is 28.8 Å². The molecule has 0 radical (unpaired) electrons. The van der Waals surface area contributed by atoms with Crippen LogP contribution in [0.4, 0.5) is 4.39 Å². The first-order valence-electron chi connectivity index (χ1n) is 9.79. The van der Waals surface area contributed by atoms with Gasteiger partial charge in [-0.05, 0) is 42.4 Å². The van der Waals surface area contributed by atoms with Gasteiger partial charge in [-0.25, -0.2) is 4.39 Å². The number of nitrogens with one attached hydrogen (secondary N) is 1. The molecule has 1 aromatic carbocycles. The highest BCUT2D eigenvalue weighted by Crippen LogP contribution is 2.64. The van der Waals surface area contributed by atoms with Gasteiger partial charge < -0.3 is 9.84 Å². The molecule has 1 aromatic heterocycles. The van der Waals surface area contributed by atoms with Crippen LogP contribution in [0.3, 0.4) is 0 Å². The van der Waals surface area contributed by atoms with Gasteiger partial charge in [0, 0.05) is 18.9 Å². The van der Waals surface area contributed by atoms with Gasteiger partial charge in [0.25, 0.3) is 0 Å². The van der Waals surface area contributed by atoms with Crippen molar-refractivity contribution in [3.63, 3.8) is 0 Å². The predicted molar refractivity (Wildman–Crippen MR) is 98.7 cm³/mol. The minimum atomic E-state index is -0.590. The van der Waals surface area contributed by atoms with Crippen LogP contribution >= 0.6 is 0 Å². The van der Waals surface area contributed by atoms with Crippen LogP contribution in [0.25, 0.3) is 0 Å². The van der Waals surface area contributed by atoms with E-state index in [2.05, 4.69) is 29.3 Å². The molecule has 6 heteroatoms. The SMILES string of the molecule is CC1(C)CC1(C(=O)NCCc1noc(C2CCCC2)n1)c1ccc(F)cc1. The standard InChI is InChI=1S/C21H26FN3O2/c1-20(2)13-21(20,15-7-9-16(22)10-8-15)19(26)23-12-11-17-24-18(27-25-17)14-5-3-4-6-14/h7-10,14H,3-6,11-13H2,1-2H3,(H,23,26). The topological polar surface area (TPSA) is 68.0 Å². The summed E-state index contributed by atoms with van der Waals surface area (Å²) in [5, 5.41) is 7.08. The van der Waals surface area contributed by atoms with Crippen molar-refractivity contribution in [1.29, 1.82) is 0 Å². The molecule has 2 fully saturated rings. The fourth-order valence-electron chi connectivity index (χ4n) is 4.51. The molecule has 2 aliphatic carbocycles. The second-order valence-corrected chi connectivity index (χ2v) is 8.51. The van der Waals surface area contributed by atoms with E-state index >= 15 is 0 Å². The maximum atomic E-state index is 13.3. The Kier molecular flexibility index (Phi) is 4.52. The van der Waals surface area contributed by atoms with E-state index in [0.29, 0.717) is 24.7 Å². The molecule has 1 heterocycles. The molecule has 0 saturated heterocycles. The minimum Gasteiger partial charge on any atom is -0.355 e. The van der Waals surface area contributed by atoms with E-state index in [1.54, 1.807) is 12.1 Å². The van der Waals surface area contributed by atoms with Crippen molar-refractivity contribution < 1.29 is 13.7 Å². The third kappa shape index (κ3) is 3.26. The van der Waals surface area contributed by atoms with Gasteiger partial charge in [-0.1, -0.05) is 44.0 Å². The highest BCUT2D eigenvalue weighted by atomic mass is 19.1. The van der Waals surface area contributed by atoms with E-state index in [1.165, 1.54) is 25.0 Å². The Labute approximate surface area is 158 Å². The molecular weight excluding hydrogens is 345 g/mol. The van der Waals surface area contributed by atoms with Gasteiger partial charge in [0.2, 0.25) is 11.8 Å². The summed E-state index contributed by atoms with van der Waals surface area (Å²) in [4.78, 5) is 17.5. The van der Waals surface area contributed by atoms with Crippen molar-refractivity contribution in [1.82, 2.24) is 15.5 Å². The fraction of sp³-hybridized carbons (Fsp3) is 0.571. The van der Waals surface area contributed by atoms with Gasteiger partial charge >= 0.3 is 0 Å². The third-order valence-corrected chi connectivity index (χ3v) is 6.28. The van der Waals surface area contributed by atoms with Gasteiger partial charge in [-0.2, -0.15) is 4.98 Å². The van der Waals surface area contributed by atoms with Crippen molar-refractivity contribution in [2.75, 3.05) is 6.54 Å². The van der Waals surface area contributed by atoms with E-state index in [0.717, 1.165) is 30.7 Å². The van der Waals surface area contributed by atoms with E-state index in [1.807, 2.05) is 0 Å². The summed E-state index contributed by atoms with van der Waals surface area (Å²) in [5.41, 5.74) is 0.137. The number of amides is 1. The summed E-state index contributed by atoms with van der Waals surface area (Å²) in [6.07, 6.45) is 5.98. The molecule has 0 spiro atoms. The van der Waals surface area contributed by atoms with Gasteiger partial charge in [-0.15, -0.1) is 0 Å². The van der Waals surface area contributed by atoms with Gasteiger partial charge in [-0.3, -0.25) is 4.79 Å². The average Bonchev–Trinajstić information content (AvgIpc) is 3.09. The van der Waals surface area contributed by atoms with Gasteiger partial charge in [0.15, 0.2) is 5.82 Å². The van der Waals surface area contributed by atoms with Gasteiger partial charge in [0.1, 0.15) is 5.82 Å². The predicted octanol–water partition coefficient (Wildman–Crippen LogP) is 3.89. The Bertz CT molecular complexity index is 824. The lowest BCUT2D eigenvalue weighted by molar-refractivity contribution is -0.124. The lowest BCUT2D eigenvalue weighted by Crippen LogP contribution is -2.38. The first-order valence-corrected chi connectivity index (χ1v) is 9.79. The molecule has 1 atom stereocenters. The smallest absolute Gasteiger partial charge is 0.231 e. The average molecular weight is 371 g/mol. The minimum absolute atomic E-state index is 0.0152. The molecule has 27 heavy (non-hydrogen) atoms. The first-order chi connectivity index (χ1) is 12.9. The Morgan fingerprint density at radius 3 is 2.56 bits per heavy atom. The maximum Gasteiger partial charge on any atom is 0.231 e. The molecule has 144 valence electrons. The zero-order chi connectivity index (χ0) is 19.1. The molecular formula is C21H26FN3O2. The van der Waals surface area contributed by atoms with Gasteiger partial charge in [0.05, 0.1) is 5.41 Å². The van der Waals surface area contributed by atoms with Crippen LogP contribution in [0.2, 0.25) is 0 Å². The number of carbonyl (C=O) groups is 1. The number of aromatic nitrogens is 2. The van der Waals surface area contributed by atoms with Crippen LogP contribution in [-0.4, -0.2) is 22.6 Å². The van der Waals surface area contributed by atoms with E-state index in [9.17, 15) is 9.18 Å². The zero-order valence-electron chi connectivity index (χ0n) is 15.9. The summed E-state index contributed by atoms with van der Waals surface area (Å²) in [7, 11) is 0. The number of hydrogen-bond acceptors (Lipinski definition) is 4. The van der Waals surface area contributed by atoms with E-state index in [-0.39, 0.29) is 17.1 Å². The van der Waals surface area contributed by atoms with Crippen LogP contribution in [0, 0.1) is 11.2 Å². The summed E-state index contributed by atoms with van der Waals surface area (Å²) in [5.74, 6) is 1.47. The van der Waals surface area contributed by atoms with Crippen molar-refractivity contribution in [3.05, 3.63) is 47.4 Å². The number of nitrogens with zero attached hydrogens (tertiary/aromatic N) is 2. The summed E-state index contributed by atoms with van der Waals surface area (Å²) in [6.45, 7) is 4.60. The lowest BCUT2D eigenvalue weighted by atomic mass is 9.87. The van der Waals surface area contributed by atoms with Crippen LogP contribution in [-0.2, 0) is 16.6 Å². The van der Waals surface area contributed by atoms with Crippen LogP contribution in [0.5, 0.6) is 0 Å². The van der Waals surface area contributed by atoms with Crippen molar-refractivity contribution >= 4 is 5.91 Å². The highest BCUT2D eigenvalue weighted by molar-refractivity contribution is 5.93. The molecule has 0 aliphatic heterocycles. The van der Waals surface area contributed by atoms with E-state index in [4.69, 9.17) is 4.52 Å². The number of benzene rings is 1. The van der Waals surface area contributed by atoms with E-state index < -0.39 is 5.41 Å². The molecule has 2 saturated carbocycles. The Hall–Kier alpha value is -2.24. The Morgan fingerprint density at radius 1 is 1.26 bits per heavy atom. The highest BCUT2D eigenvalue weighted by Gasteiger charge is 2.66. The third-order valence-electron chi connectivity index (χ3n) is 6.28. The second kappa shape index (κ2) is 6.73. The maximum absolute atomic E-state index is 13.3. The first kappa shape index (κ1) is 18.1. The number of hydrogen-bond donors (Lipinski definition) is 1. The second-order valence-electron chi connectivity index (χ2n) is 8.51. The Balaban J connectivity index is 1.37. The summed E-state index contributed by atoms with van der Waals surface area (Å²) in [6, 6.07) is 6.28.